The van der Waals surface area contributed by atoms with Gasteiger partial charge in [0.1, 0.15) is 0 Å². The standard InChI is InChI=1S/C24H25N3O/c25-22-13-7-12-18-14-15-27(16-21(18)22)17-23(28)26-24(19-8-3-1-4-9-19)20-10-5-2-6-11-20/h1-13,24H,14-17,25H2,(H,26,28). The average Bonchev–Trinajstić information content (AvgIpc) is 2.74. The summed E-state index contributed by atoms with van der Waals surface area (Å²) in [4.78, 5) is 15.0. The van der Waals surface area contributed by atoms with Crippen molar-refractivity contribution in [1.29, 1.82) is 0 Å². The molecule has 4 heteroatoms. The van der Waals surface area contributed by atoms with Crippen LogP contribution in [0.5, 0.6) is 0 Å². The molecule has 3 N–H and O–H groups in total. The summed E-state index contributed by atoms with van der Waals surface area (Å²) in [5.74, 6) is 0.0238. The van der Waals surface area contributed by atoms with Gasteiger partial charge in [-0.05, 0) is 34.7 Å². The van der Waals surface area contributed by atoms with E-state index >= 15 is 0 Å². The summed E-state index contributed by atoms with van der Waals surface area (Å²) < 4.78 is 0. The molecule has 3 aromatic carbocycles. The van der Waals surface area contributed by atoms with Gasteiger partial charge in [-0.25, -0.2) is 0 Å². The Bertz CT molecular complexity index is 901. The number of carbonyl (C=O) groups is 1. The molecule has 0 saturated carbocycles. The zero-order valence-electron chi connectivity index (χ0n) is 15.8. The predicted molar refractivity (Wildman–Crippen MR) is 113 cm³/mol. The van der Waals surface area contributed by atoms with Crippen LogP contribution in [0.15, 0.2) is 78.9 Å². The van der Waals surface area contributed by atoms with Crippen molar-refractivity contribution in [2.45, 2.75) is 19.0 Å². The van der Waals surface area contributed by atoms with Crippen molar-refractivity contribution in [3.05, 3.63) is 101 Å². The second-order valence-electron chi connectivity index (χ2n) is 7.27. The molecule has 0 radical (unpaired) electrons. The Hall–Kier alpha value is -3.11. The molecule has 0 unspecified atom stereocenters. The quantitative estimate of drug-likeness (QED) is 0.675. The number of rotatable bonds is 5. The number of fused-ring (bicyclic) bond motifs is 1. The maximum Gasteiger partial charge on any atom is 0.234 e. The van der Waals surface area contributed by atoms with Crippen molar-refractivity contribution in [2.75, 3.05) is 18.8 Å². The lowest BCUT2D eigenvalue weighted by Crippen LogP contribution is -2.41. The fraction of sp³-hybridized carbons (Fsp3) is 0.208. The van der Waals surface area contributed by atoms with E-state index in [0.717, 1.165) is 41.9 Å². The molecule has 0 aromatic heterocycles. The first-order valence-electron chi connectivity index (χ1n) is 9.68. The first-order valence-corrected chi connectivity index (χ1v) is 9.68. The number of nitrogens with two attached hydrogens (primary N) is 1. The Balaban J connectivity index is 1.48. The molecule has 4 rings (SSSR count). The van der Waals surface area contributed by atoms with Gasteiger partial charge in [-0.1, -0.05) is 72.8 Å². The third kappa shape index (κ3) is 4.07. The van der Waals surface area contributed by atoms with Crippen LogP contribution in [-0.4, -0.2) is 23.9 Å². The third-order valence-electron chi connectivity index (χ3n) is 5.33. The van der Waals surface area contributed by atoms with E-state index in [1.165, 1.54) is 5.56 Å². The van der Waals surface area contributed by atoms with Gasteiger partial charge in [0.05, 0.1) is 12.6 Å². The van der Waals surface area contributed by atoms with Gasteiger partial charge in [-0.2, -0.15) is 0 Å². The summed E-state index contributed by atoms with van der Waals surface area (Å²) in [5, 5.41) is 3.22. The molecule has 1 heterocycles. The van der Waals surface area contributed by atoms with Crippen molar-refractivity contribution < 1.29 is 4.79 Å². The molecule has 1 aliphatic heterocycles. The maximum atomic E-state index is 12.9. The highest BCUT2D eigenvalue weighted by molar-refractivity contribution is 5.79. The Morgan fingerprint density at radius 1 is 0.929 bits per heavy atom. The van der Waals surface area contributed by atoms with Crippen molar-refractivity contribution in [3.63, 3.8) is 0 Å². The topological polar surface area (TPSA) is 58.4 Å². The molecule has 142 valence electrons. The highest BCUT2D eigenvalue weighted by Crippen LogP contribution is 2.25. The van der Waals surface area contributed by atoms with Crippen molar-refractivity contribution in [1.82, 2.24) is 10.2 Å². The van der Waals surface area contributed by atoms with Gasteiger partial charge in [-0.3, -0.25) is 9.69 Å². The van der Waals surface area contributed by atoms with Crippen LogP contribution < -0.4 is 11.1 Å². The van der Waals surface area contributed by atoms with Crippen molar-refractivity contribution in [2.24, 2.45) is 0 Å². The zero-order valence-corrected chi connectivity index (χ0v) is 15.8. The molecule has 4 nitrogen and oxygen atoms in total. The number of nitrogen functional groups attached to an aromatic ring is 1. The van der Waals surface area contributed by atoms with E-state index in [4.69, 9.17) is 5.73 Å². The Morgan fingerprint density at radius 3 is 2.21 bits per heavy atom. The molecule has 0 fully saturated rings. The molecule has 1 aliphatic rings. The first kappa shape index (κ1) is 18.3. The molecule has 0 spiro atoms. The van der Waals surface area contributed by atoms with E-state index in [1.54, 1.807) is 0 Å². The van der Waals surface area contributed by atoms with Gasteiger partial charge in [-0.15, -0.1) is 0 Å². The summed E-state index contributed by atoms with van der Waals surface area (Å²) in [6, 6.07) is 26.1. The number of anilines is 1. The molecule has 0 aliphatic carbocycles. The molecule has 0 bridgehead atoms. The molecule has 0 atom stereocenters. The van der Waals surface area contributed by atoms with Crippen LogP contribution in [-0.2, 0) is 17.8 Å². The molecular weight excluding hydrogens is 346 g/mol. The van der Waals surface area contributed by atoms with Crippen LogP contribution in [0.2, 0.25) is 0 Å². The second kappa shape index (κ2) is 8.28. The smallest absolute Gasteiger partial charge is 0.234 e. The Morgan fingerprint density at radius 2 is 1.57 bits per heavy atom. The molecule has 1 amide bonds. The largest absolute Gasteiger partial charge is 0.398 e. The normalized spacial score (nSPS) is 13.9. The van der Waals surface area contributed by atoms with Gasteiger partial charge in [0.2, 0.25) is 5.91 Å². The van der Waals surface area contributed by atoms with E-state index in [9.17, 15) is 4.79 Å². The summed E-state index contributed by atoms with van der Waals surface area (Å²) in [6.07, 6.45) is 0.925. The lowest BCUT2D eigenvalue weighted by molar-refractivity contribution is -0.123. The highest BCUT2D eigenvalue weighted by atomic mass is 16.2. The number of nitrogens with zero attached hydrogens (tertiary/aromatic N) is 1. The van der Waals surface area contributed by atoms with Crippen LogP contribution in [0.1, 0.15) is 28.3 Å². The van der Waals surface area contributed by atoms with Crippen LogP contribution in [0.25, 0.3) is 0 Å². The minimum atomic E-state index is -0.156. The summed E-state index contributed by atoms with van der Waals surface area (Å²) in [5.41, 5.74) is 11.6. The van der Waals surface area contributed by atoms with E-state index in [0.29, 0.717) is 6.54 Å². The monoisotopic (exact) mass is 371 g/mol. The van der Waals surface area contributed by atoms with Crippen LogP contribution in [0.3, 0.4) is 0 Å². The van der Waals surface area contributed by atoms with Gasteiger partial charge in [0.15, 0.2) is 0 Å². The van der Waals surface area contributed by atoms with Crippen LogP contribution >= 0.6 is 0 Å². The maximum absolute atomic E-state index is 12.9. The minimum absolute atomic E-state index is 0.0238. The fourth-order valence-electron chi connectivity index (χ4n) is 3.86. The van der Waals surface area contributed by atoms with Gasteiger partial charge < -0.3 is 11.1 Å². The van der Waals surface area contributed by atoms with E-state index in [2.05, 4.69) is 40.5 Å². The summed E-state index contributed by atoms with van der Waals surface area (Å²) in [7, 11) is 0. The second-order valence-corrected chi connectivity index (χ2v) is 7.27. The minimum Gasteiger partial charge on any atom is -0.398 e. The lowest BCUT2D eigenvalue weighted by Gasteiger charge is -2.30. The number of nitrogens with one attached hydrogen (secondary N) is 1. The third-order valence-corrected chi connectivity index (χ3v) is 5.33. The van der Waals surface area contributed by atoms with Crippen LogP contribution in [0, 0.1) is 0 Å². The number of hydrogen-bond acceptors (Lipinski definition) is 3. The number of amides is 1. The number of carbonyl (C=O) groups excluding carboxylic acids is 1. The highest BCUT2D eigenvalue weighted by Gasteiger charge is 2.22. The molecule has 28 heavy (non-hydrogen) atoms. The van der Waals surface area contributed by atoms with E-state index < -0.39 is 0 Å². The summed E-state index contributed by atoms with van der Waals surface area (Å²) >= 11 is 0. The fourth-order valence-corrected chi connectivity index (χ4v) is 3.86. The molecular formula is C24H25N3O. The lowest BCUT2D eigenvalue weighted by atomic mass is 9.97. The van der Waals surface area contributed by atoms with Crippen LogP contribution in [0.4, 0.5) is 5.69 Å². The number of benzene rings is 3. The van der Waals surface area contributed by atoms with Crippen molar-refractivity contribution >= 4 is 11.6 Å². The first-order chi connectivity index (χ1) is 13.7. The number of hydrogen-bond donors (Lipinski definition) is 2. The Kier molecular flexibility index (Phi) is 5.40. The average molecular weight is 371 g/mol. The van der Waals surface area contributed by atoms with E-state index in [-0.39, 0.29) is 11.9 Å². The molecule has 3 aromatic rings. The van der Waals surface area contributed by atoms with Crippen molar-refractivity contribution in [3.8, 4) is 0 Å². The van der Waals surface area contributed by atoms with Gasteiger partial charge in [0, 0.05) is 18.8 Å². The van der Waals surface area contributed by atoms with E-state index in [1.807, 2.05) is 48.5 Å². The van der Waals surface area contributed by atoms with Gasteiger partial charge >= 0.3 is 0 Å². The summed E-state index contributed by atoms with van der Waals surface area (Å²) in [6.45, 7) is 1.95. The zero-order chi connectivity index (χ0) is 19.3. The predicted octanol–water partition coefficient (Wildman–Crippen LogP) is 3.53. The van der Waals surface area contributed by atoms with Gasteiger partial charge in [0.25, 0.3) is 0 Å². The Labute approximate surface area is 166 Å². The SMILES string of the molecule is Nc1cccc2c1CN(CC(=O)NC(c1ccccc1)c1ccccc1)CC2. The molecule has 0 saturated heterocycles.